The lowest BCUT2D eigenvalue weighted by Crippen LogP contribution is -2.20. The number of aromatic nitrogens is 2. The number of carbonyl (C=O) groups is 1. The van der Waals surface area contributed by atoms with Gasteiger partial charge in [0.05, 0.1) is 0 Å². The SMILES string of the molecule is Cc1ccc(NC(=O)COc2ccc(-c3nc(C(C)C)no3)cc2)c(C)c1. The first-order chi connectivity index (χ1) is 12.9. The Labute approximate surface area is 158 Å². The van der Waals surface area contributed by atoms with Gasteiger partial charge in [-0.15, -0.1) is 0 Å². The Balaban J connectivity index is 1.57. The highest BCUT2D eigenvalue weighted by molar-refractivity contribution is 5.92. The van der Waals surface area contributed by atoms with Crippen LogP contribution in [-0.2, 0) is 4.79 Å². The van der Waals surface area contributed by atoms with Crippen molar-refractivity contribution in [2.75, 3.05) is 11.9 Å². The van der Waals surface area contributed by atoms with Crippen molar-refractivity contribution in [1.29, 1.82) is 0 Å². The van der Waals surface area contributed by atoms with Gasteiger partial charge < -0.3 is 14.6 Å². The molecule has 0 radical (unpaired) electrons. The van der Waals surface area contributed by atoms with E-state index in [-0.39, 0.29) is 18.4 Å². The highest BCUT2D eigenvalue weighted by Crippen LogP contribution is 2.23. The molecule has 6 nitrogen and oxygen atoms in total. The number of benzene rings is 2. The number of anilines is 1. The molecule has 3 rings (SSSR count). The summed E-state index contributed by atoms with van der Waals surface area (Å²) < 4.78 is 10.8. The van der Waals surface area contributed by atoms with Gasteiger partial charge in [0.1, 0.15) is 5.75 Å². The van der Waals surface area contributed by atoms with Gasteiger partial charge >= 0.3 is 0 Å². The second-order valence-corrected chi connectivity index (χ2v) is 6.79. The summed E-state index contributed by atoms with van der Waals surface area (Å²) >= 11 is 0. The molecule has 0 aliphatic carbocycles. The molecule has 0 fully saturated rings. The minimum Gasteiger partial charge on any atom is -0.484 e. The first-order valence-corrected chi connectivity index (χ1v) is 8.86. The molecular weight excluding hydrogens is 342 g/mol. The molecule has 0 saturated carbocycles. The molecule has 0 bridgehead atoms. The Morgan fingerprint density at radius 1 is 1.15 bits per heavy atom. The maximum absolute atomic E-state index is 12.1. The molecular formula is C21H23N3O3. The van der Waals surface area contributed by atoms with Crippen LogP contribution < -0.4 is 10.1 Å². The highest BCUT2D eigenvalue weighted by atomic mass is 16.5. The Hall–Kier alpha value is -3.15. The van der Waals surface area contributed by atoms with Gasteiger partial charge in [-0.25, -0.2) is 0 Å². The van der Waals surface area contributed by atoms with Crippen LogP contribution in [0, 0.1) is 13.8 Å². The van der Waals surface area contributed by atoms with Crippen LogP contribution in [0.4, 0.5) is 5.69 Å². The third-order valence-electron chi connectivity index (χ3n) is 4.09. The van der Waals surface area contributed by atoms with Crippen molar-refractivity contribution in [1.82, 2.24) is 10.1 Å². The van der Waals surface area contributed by atoms with Crippen LogP contribution in [0.15, 0.2) is 47.0 Å². The number of hydrogen-bond acceptors (Lipinski definition) is 5. The molecule has 0 aliphatic rings. The van der Waals surface area contributed by atoms with E-state index in [4.69, 9.17) is 9.26 Å². The first kappa shape index (κ1) is 18.6. The fourth-order valence-corrected chi connectivity index (χ4v) is 2.57. The maximum Gasteiger partial charge on any atom is 0.262 e. The van der Waals surface area contributed by atoms with Crippen molar-refractivity contribution >= 4 is 11.6 Å². The van der Waals surface area contributed by atoms with Crippen LogP contribution in [-0.4, -0.2) is 22.7 Å². The Kier molecular flexibility index (Phi) is 5.54. The van der Waals surface area contributed by atoms with Crippen LogP contribution in [0.1, 0.15) is 36.7 Å². The standard InChI is InChI=1S/C21H23N3O3/c1-13(2)20-23-21(27-24-20)16-6-8-17(9-7-16)26-12-19(25)22-18-10-5-14(3)11-15(18)4/h5-11,13H,12H2,1-4H3,(H,22,25). The number of nitrogens with one attached hydrogen (secondary N) is 1. The molecule has 0 unspecified atom stereocenters. The summed E-state index contributed by atoms with van der Waals surface area (Å²) in [6.07, 6.45) is 0. The Morgan fingerprint density at radius 2 is 1.89 bits per heavy atom. The first-order valence-electron chi connectivity index (χ1n) is 8.86. The zero-order valence-electron chi connectivity index (χ0n) is 15.9. The van der Waals surface area contributed by atoms with Gasteiger partial charge in [0, 0.05) is 17.2 Å². The van der Waals surface area contributed by atoms with E-state index in [9.17, 15) is 4.79 Å². The normalized spacial score (nSPS) is 10.9. The Bertz CT molecular complexity index is 930. The van der Waals surface area contributed by atoms with Crippen molar-refractivity contribution in [3.63, 3.8) is 0 Å². The number of rotatable bonds is 6. The average molecular weight is 365 g/mol. The van der Waals surface area contributed by atoms with Crippen LogP contribution in [0.25, 0.3) is 11.5 Å². The zero-order valence-corrected chi connectivity index (χ0v) is 15.9. The third-order valence-corrected chi connectivity index (χ3v) is 4.09. The summed E-state index contributed by atoms with van der Waals surface area (Å²) in [6.45, 7) is 7.93. The van der Waals surface area contributed by atoms with Gasteiger partial charge in [0.25, 0.3) is 11.8 Å². The minimum absolute atomic E-state index is 0.0648. The molecule has 1 heterocycles. The van der Waals surface area contributed by atoms with Crippen molar-refractivity contribution in [3.8, 4) is 17.2 Å². The fourth-order valence-electron chi connectivity index (χ4n) is 2.57. The van der Waals surface area contributed by atoms with E-state index in [1.165, 1.54) is 0 Å². The molecule has 1 amide bonds. The number of hydrogen-bond donors (Lipinski definition) is 1. The number of aryl methyl sites for hydroxylation is 2. The average Bonchev–Trinajstić information content (AvgIpc) is 3.13. The molecule has 27 heavy (non-hydrogen) atoms. The maximum atomic E-state index is 12.1. The molecule has 0 atom stereocenters. The Morgan fingerprint density at radius 3 is 2.52 bits per heavy atom. The lowest BCUT2D eigenvalue weighted by molar-refractivity contribution is -0.118. The number of ether oxygens (including phenoxy) is 1. The van der Waals surface area contributed by atoms with Gasteiger partial charge in [0.15, 0.2) is 12.4 Å². The highest BCUT2D eigenvalue weighted by Gasteiger charge is 2.12. The smallest absolute Gasteiger partial charge is 0.262 e. The van der Waals surface area contributed by atoms with E-state index in [1.54, 1.807) is 12.1 Å². The molecule has 0 aliphatic heterocycles. The van der Waals surface area contributed by atoms with E-state index in [1.807, 2.05) is 58.0 Å². The molecule has 1 aromatic heterocycles. The summed E-state index contributed by atoms with van der Waals surface area (Å²) in [4.78, 5) is 16.5. The predicted molar refractivity (Wildman–Crippen MR) is 104 cm³/mol. The van der Waals surface area contributed by atoms with E-state index >= 15 is 0 Å². The summed E-state index contributed by atoms with van der Waals surface area (Å²) in [5.41, 5.74) is 3.78. The lowest BCUT2D eigenvalue weighted by Gasteiger charge is -2.10. The topological polar surface area (TPSA) is 77.2 Å². The number of carbonyl (C=O) groups excluding carboxylic acids is 1. The summed E-state index contributed by atoms with van der Waals surface area (Å²) in [7, 11) is 0. The number of nitrogens with zero attached hydrogens (tertiary/aromatic N) is 2. The largest absolute Gasteiger partial charge is 0.484 e. The second-order valence-electron chi connectivity index (χ2n) is 6.79. The molecule has 0 saturated heterocycles. The van der Waals surface area contributed by atoms with E-state index in [0.717, 1.165) is 22.4 Å². The molecule has 0 spiro atoms. The molecule has 3 aromatic rings. The van der Waals surface area contributed by atoms with Gasteiger partial charge in [-0.1, -0.05) is 36.7 Å². The predicted octanol–water partition coefficient (Wildman–Crippen LogP) is 4.49. The van der Waals surface area contributed by atoms with Crippen molar-refractivity contribution in [2.24, 2.45) is 0 Å². The van der Waals surface area contributed by atoms with Crippen molar-refractivity contribution in [3.05, 3.63) is 59.4 Å². The van der Waals surface area contributed by atoms with Gasteiger partial charge in [-0.2, -0.15) is 4.98 Å². The van der Waals surface area contributed by atoms with E-state index in [2.05, 4.69) is 15.5 Å². The minimum atomic E-state index is -0.204. The molecule has 140 valence electrons. The van der Waals surface area contributed by atoms with Crippen molar-refractivity contribution in [2.45, 2.75) is 33.6 Å². The quantitative estimate of drug-likeness (QED) is 0.696. The van der Waals surface area contributed by atoms with E-state index in [0.29, 0.717) is 17.5 Å². The van der Waals surface area contributed by atoms with Crippen LogP contribution >= 0.6 is 0 Å². The van der Waals surface area contributed by atoms with Crippen LogP contribution in [0.2, 0.25) is 0 Å². The van der Waals surface area contributed by atoms with E-state index < -0.39 is 0 Å². The fraction of sp³-hybridized carbons (Fsp3) is 0.286. The van der Waals surface area contributed by atoms with Gasteiger partial charge in [-0.05, 0) is 49.7 Å². The number of amides is 1. The summed E-state index contributed by atoms with van der Waals surface area (Å²) in [5, 5.41) is 6.82. The lowest BCUT2D eigenvalue weighted by atomic mass is 10.1. The van der Waals surface area contributed by atoms with Crippen molar-refractivity contribution < 1.29 is 14.1 Å². The van der Waals surface area contributed by atoms with Gasteiger partial charge in [0.2, 0.25) is 0 Å². The second kappa shape index (κ2) is 8.03. The van der Waals surface area contributed by atoms with Crippen LogP contribution in [0.5, 0.6) is 5.75 Å². The summed E-state index contributed by atoms with van der Waals surface area (Å²) in [5.74, 6) is 1.75. The monoisotopic (exact) mass is 365 g/mol. The van der Waals surface area contributed by atoms with Crippen LogP contribution in [0.3, 0.4) is 0 Å². The molecule has 2 aromatic carbocycles. The summed E-state index contributed by atoms with van der Waals surface area (Å²) in [6, 6.07) is 13.1. The zero-order chi connectivity index (χ0) is 19.4. The third kappa shape index (κ3) is 4.73. The van der Waals surface area contributed by atoms with Gasteiger partial charge in [-0.3, -0.25) is 4.79 Å². The molecule has 6 heteroatoms. The molecule has 1 N–H and O–H groups in total.